The molecule has 27 heavy (non-hydrogen) atoms. The van der Waals surface area contributed by atoms with Gasteiger partial charge < -0.3 is 10.2 Å². The maximum absolute atomic E-state index is 12.8. The lowest BCUT2D eigenvalue weighted by molar-refractivity contribution is -0.136. The van der Waals surface area contributed by atoms with Crippen LogP contribution in [-0.2, 0) is 16.1 Å². The van der Waals surface area contributed by atoms with Gasteiger partial charge in [0.2, 0.25) is 11.8 Å². The number of benzene rings is 1. The molecule has 1 aromatic rings. The highest BCUT2D eigenvalue weighted by molar-refractivity contribution is 6.05. The van der Waals surface area contributed by atoms with Gasteiger partial charge in [-0.1, -0.05) is 26.2 Å². The zero-order valence-corrected chi connectivity index (χ0v) is 15.8. The van der Waals surface area contributed by atoms with Crippen molar-refractivity contribution in [2.24, 2.45) is 5.92 Å². The van der Waals surface area contributed by atoms with Gasteiger partial charge in [0.05, 0.1) is 0 Å². The second kappa shape index (κ2) is 7.33. The van der Waals surface area contributed by atoms with Gasteiger partial charge in [0.15, 0.2) is 0 Å². The van der Waals surface area contributed by atoms with Crippen LogP contribution in [0.25, 0.3) is 0 Å². The van der Waals surface area contributed by atoms with Crippen LogP contribution in [0.4, 0.5) is 5.69 Å². The Morgan fingerprint density at radius 3 is 2.74 bits per heavy atom. The summed E-state index contributed by atoms with van der Waals surface area (Å²) in [5, 5.41) is 6.03. The Morgan fingerprint density at radius 2 is 1.96 bits per heavy atom. The molecule has 2 heterocycles. The van der Waals surface area contributed by atoms with Crippen molar-refractivity contribution in [3.05, 3.63) is 29.3 Å². The number of nitrogens with one attached hydrogen (secondary N) is 2. The second-order valence-corrected chi connectivity index (χ2v) is 7.98. The summed E-state index contributed by atoms with van der Waals surface area (Å²) in [5.41, 5.74) is 2.68. The van der Waals surface area contributed by atoms with E-state index < -0.39 is 6.04 Å². The van der Waals surface area contributed by atoms with Gasteiger partial charge in [-0.2, -0.15) is 0 Å². The van der Waals surface area contributed by atoms with E-state index >= 15 is 0 Å². The lowest BCUT2D eigenvalue weighted by atomic mass is 9.83. The normalized spacial score (nSPS) is 28.1. The Hall–Kier alpha value is -2.37. The van der Waals surface area contributed by atoms with Crippen LogP contribution in [-0.4, -0.2) is 34.7 Å². The Kier molecular flexibility index (Phi) is 4.89. The first-order chi connectivity index (χ1) is 13.1. The number of anilines is 1. The van der Waals surface area contributed by atoms with E-state index in [0.29, 0.717) is 30.5 Å². The lowest BCUT2D eigenvalue weighted by Gasteiger charge is -2.32. The van der Waals surface area contributed by atoms with Crippen LogP contribution >= 0.6 is 0 Å². The molecule has 1 unspecified atom stereocenters. The summed E-state index contributed by atoms with van der Waals surface area (Å²) >= 11 is 0. The van der Waals surface area contributed by atoms with E-state index in [2.05, 4.69) is 23.6 Å². The van der Waals surface area contributed by atoms with Gasteiger partial charge in [-0.25, -0.2) is 0 Å². The van der Waals surface area contributed by atoms with E-state index in [1.54, 1.807) is 4.90 Å². The minimum atomic E-state index is -0.554. The zero-order chi connectivity index (χ0) is 19.0. The number of rotatable bonds is 4. The average Bonchev–Trinajstić information content (AvgIpc) is 2.98. The number of hydrogen-bond acceptors (Lipinski definition) is 4. The van der Waals surface area contributed by atoms with Crippen molar-refractivity contribution in [2.45, 2.75) is 70.5 Å². The average molecular weight is 369 g/mol. The molecule has 0 bridgehead atoms. The summed E-state index contributed by atoms with van der Waals surface area (Å²) in [4.78, 5) is 37.9. The number of hydrogen-bond donors (Lipinski definition) is 2. The Balaban J connectivity index is 1.49. The maximum Gasteiger partial charge on any atom is 0.255 e. The molecule has 3 amide bonds. The van der Waals surface area contributed by atoms with Crippen molar-refractivity contribution >= 4 is 23.4 Å². The molecular weight excluding hydrogens is 342 g/mol. The van der Waals surface area contributed by atoms with Crippen LogP contribution in [0, 0.1) is 5.92 Å². The number of piperidine rings is 1. The fourth-order valence-corrected chi connectivity index (χ4v) is 4.76. The molecule has 1 saturated carbocycles. The molecule has 4 rings (SSSR count). The van der Waals surface area contributed by atoms with Crippen LogP contribution in [0.3, 0.4) is 0 Å². The maximum atomic E-state index is 12.8. The largest absolute Gasteiger partial charge is 0.382 e. The highest BCUT2D eigenvalue weighted by Crippen LogP contribution is 2.32. The topological polar surface area (TPSA) is 78.5 Å². The third-order valence-electron chi connectivity index (χ3n) is 6.31. The van der Waals surface area contributed by atoms with Crippen LogP contribution in [0.2, 0.25) is 0 Å². The first kappa shape index (κ1) is 18.0. The first-order valence-corrected chi connectivity index (χ1v) is 10.1. The first-order valence-electron chi connectivity index (χ1n) is 10.1. The Morgan fingerprint density at radius 1 is 1.15 bits per heavy atom. The highest BCUT2D eigenvalue weighted by Gasteiger charge is 2.39. The van der Waals surface area contributed by atoms with Gasteiger partial charge in [0.25, 0.3) is 5.91 Å². The molecule has 0 radical (unpaired) electrons. The van der Waals surface area contributed by atoms with E-state index in [9.17, 15) is 14.4 Å². The number of imide groups is 1. The molecule has 6 heteroatoms. The van der Waals surface area contributed by atoms with E-state index in [4.69, 9.17) is 0 Å². The van der Waals surface area contributed by atoms with Crippen molar-refractivity contribution < 1.29 is 14.4 Å². The van der Waals surface area contributed by atoms with E-state index in [0.717, 1.165) is 11.3 Å². The van der Waals surface area contributed by atoms with Crippen molar-refractivity contribution in [1.82, 2.24) is 10.2 Å². The smallest absolute Gasteiger partial charge is 0.255 e. The molecule has 1 saturated heterocycles. The van der Waals surface area contributed by atoms with Gasteiger partial charge in [-0.05, 0) is 48.9 Å². The SMILES string of the molecule is CC[C@@H]1CCCC[C@@H]1Nc1ccc2c(c1)CN(C1CCC(=O)NC1=O)C2=O. The predicted molar refractivity (Wildman–Crippen MR) is 102 cm³/mol. The fourth-order valence-electron chi connectivity index (χ4n) is 4.76. The van der Waals surface area contributed by atoms with E-state index in [1.165, 1.54) is 32.1 Å². The molecule has 144 valence electrons. The number of nitrogens with zero attached hydrogens (tertiary/aromatic N) is 1. The molecule has 1 aliphatic carbocycles. The Labute approximate surface area is 159 Å². The molecule has 2 N–H and O–H groups in total. The fraction of sp³-hybridized carbons (Fsp3) is 0.571. The third kappa shape index (κ3) is 3.45. The van der Waals surface area contributed by atoms with E-state index in [-0.39, 0.29) is 24.1 Å². The second-order valence-electron chi connectivity index (χ2n) is 7.98. The summed E-state index contributed by atoms with van der Waals surface area (Å²) in [6, 6.07) is 5.84. The summed E-state index contributed by atoms with van der Waals surface area (Å²) in [6.45, 7) is 2.68. The van der Waals surface area contributed by atoms with Gasteiger partial charge in [-0.15, -0.1) is 0 Å². The monoisotopic (exact) mass is 369 g/mol. The molecule has 2 aliphatic heterocycles. The summed E-state index contributed by atoms with van der Waals surface area (Å²) in [7, 11) is 0. The van der Waals surface area contributed by atoms with Crippen molar-refractivity contribution in [3.63, 3.8) is 0 Å². The van der Waals surface area contributed by atoms with Crippen LogP contribution in [0.5, 0.6) is 0 Å². The van der Waals surface area contributed by atoms with Crippen molar-refractivity contribution in [2.75, 3.05) is 5.32 Å². The molecular formula is C21H27N3O3. The van der Waals surface area contributed by atoms with E-state index in [1.807, 2.05) is 12.1 Å². The third-order valence-corrected chi connectivity index (χ3v) is 6.31. The van der Waals surface area contributed by atoms with Gasteiger partial charge in [0.1, 0.15) is 6.04 Å². The van der Waals surface area contributed by atoms with Gasteiger partial charge in [-0.3, -0.25) is 19.7 Å². The summed E-state index contributed by atoms with van der Waals surface area (Å²) in [5.74, 6) is -0.0349. The molecule has 6 nitrogen and oxygen atoms in total. The Bertz CT molecular complexity index is 776. The van der Waals surface area contributed by atoms with Gasteiger partial charge >= 0.3 is 0 Å². The molecule has 0 spiro atoms. The molecule has 3 aliphatic rings. The predicted octanol–water partition coefficient (Wildman–Crippen LogP) is 2.83. The standard InChI is InChI=1S/C21H27N3O3/c1-2-13-5-3-4-6-17(13)22-15-7-8-16-14(11-15)12-24(21(16)27)18-9-10-19(25)23-20(18)26/h7-8,11,13,17-18,22H,2-6,9-10,12H2,1H3,(H,23,25,26)/t13-,17+,18?/m1/s1. The van der Waals surface area contributed by atoms with Crippen LogP contribution in [0.15, 0.2) is 18.2 Å². The van der Waals surface area contributed by atoms with Crippen molar-refractivity contribution in [1.29, 1.82) is 0 Å². The zero-order valence-electron chi connectivity index (χ0n) is 15.8. The summed E-state index contributed by atoms with van der Waals surface area (Å²) < 4.78 is 0. The molecule has 1 aromatic carbocycles. The lowest BCUT2D eigenvalue weighted by Crippen LogP contribution is -2.52. The minimum Gasteiger partial charge on any atom is -0.382 e. The van der Waals surface area contributed by atoms with Crippen LogP contribution < -0.4 is 10.6 Å². The van der Waals surface area contributed by atoms with Crippen molar-refractivity contribution in [3.8, 4) is 0 Å². The highest BCUT2D eigenvalue weighted by atomic mass is 16.2. The minimum absolute atomic E-state index is 0.116. The van der Waals surface area contributed by atoms with Gasteiger partial charge in [0, 0.05) is 30.3 Å². The quantitative estimate of drug-likeness (QED) is 0.800. The number of carbonyl (C=O) groups is 3. The van der Waals surface area contributed by atoms with Crippen LogP contribution in [0.1, 0.15) is 67.8 Å². The number of carbonyl (C=O) groups excluding carboxylic acids is 3. The molecule has 0 aromatic heterocycles. The number of amides is 3. The molecule has 3 atom stereocenters. The summed E-state index contributed by atoms with van der Waals surface area (Å²) in [6.07, 6.45) is 6.92. The molecule has 2 fully saturated rings. The number of fused-ring (bicyclic) bond motifs is 1.